The van der Waals surface area contributed by atoms with Crippen LogP contribution in [-0.4, -0.2) is 53.5 Å². The van der Waals surface area contributed by atoms with E-state index in [1.54, 1.807) is 42.7 Å². The van der Waals surface area contributed by atoms with Crippen molar-refractivity contribution in [1.82, 2.24) is 18.7 Å². The summed E-state index contributed by atoms with van der Waals surface area (Å²) in [6.07, 6.45) is 3.38. The lowest BCUT2D eigenvalue weighted by molar-refractivity contribution is 0.122. The number of rotatable bonds is 7. The van der Waals surface area contributed by atoms with E-state index in [0.717, 1.165) is 58.0 Å². The maximum Gasteiger partial charge on any atom is 0.269 e. The zero-order valence-corrected chi connectivity index (χ0v) is 26.8. The van der Waals surface area contributed by atoms with Crippen LogP contribution in [0.1, 0.15) is 22.5 Å². The van der Waals surface area contributed by atoms with Crippen molar-refractivity contribution in [2.45, 2.75) is 32.2 Å². The summed E-state index contributed by atoms with van der Waals surface area (Å²) in [5.41, 5.74) is 8.18. The molecule has 0 aliphatic carbocycles. The van der Waals surface area contributed by atoms with Crippen LogP contribution in [0.4, 0.5) is 10.1 Å². The van der Waals surface area contributed by atoms with Gasteiger partial charge in [-0.05, 0) is 74.4 Å². The van der Waals surface area contributed by atoms with Gasteiger partial charge in [0.25, 0.3) is 10.0 Å². The second kappa shape index (κ2) is 11.9. The molecule has 3 aromatic heterocycles. The Bertz CT molecular complexity index is 2160. The number of benzene rings is 3. The maximum absolute atomic E-state index is 14.0. The predicted molar refractivity (Wildman–Crippen MR) is 178 cm³/mol. The van der Waals surface area contributed by atoms with E-state index in [1.807, 2.05) is 37.6 Å². The number of pyridine rings is 1. The lowest BCUT2D eigenvalue weighted by atomic mass is 10.0. The summed E-state index contributed by atoms with van der Waals surface area (Å²) in [7, 11) is -3.97. The molecule has 8 nitrogen and oxygen atoms in total. The highest BCUT2D eigenvalue weighted by Gasteiger charge is 2.26. The standard InChI is InChI=1S/C36H34FN5O3S/c1-24-7-13-32(14-8-24)46(43,44)42-23-34(35-25(2)39-41(26(35)3)22-27-5-4-6-30(37)19-27)33-20-29(21-38-36(33)42)28-9-11-31(12-10-28)40-15-17-45-18-16-40/h4-14,19-21,23H,15-18,22H2,1-3H3. The van der Waals surface area contributed by atoms with Gasteiger partial charge in [-0.1, -0.05) is 42.0 Å². The zero-order valence-electron chi connectivity index (χ0n) is 25.9. The van der Waals surface area contributed by atoms with Crippen LogP contribution in [0.5, 0.6) is 0 Å². The fourth-order valence-corrected chi connectivity index (χ4v) is 7.50. The van der Waals surface area contributed by atoms with Crippen molar-refractivity contribution in [2.24, 2.45) is 0 Å². The minimum atomic E-state index is -3.97. The minimum Gasteiger partial charge on any atom is -0.378 e. The highest BCUT2D eigenvalue weighted by Crippen LogP contribution is 2.38. The maximum atomic E-state index is 14.0. The fourth-order valence-electron chi connectivity index (χ4n) is 6.18. The van der Waals surface area contributed by atoms with Crippen molar-refractivity contribution < 1.29 is 17.5 Å². The van der Waals surface area contributed by atoms with Gasteiger partial charge < -0.3 is 9.64 Å². The first-order valence-electron chi connectivity index (χ1n) is 15.2. The number of anilines is 1. The predicted octanol–water partition coefficient (Wildman–Crippen LogP) is 6.75. The quantitative estimate of drug-likeness (QED) is 0.193. The van der Waals surface area contributed by atoms with Crippen LogP contribution in [0.15, 0.2) is 96.2 Å². The molecule has 0 radical (unpaired) electrons. The smallest absolute Gasteiger partial charge is 0.269 e. The third-order valence-corrected chi connectivity index (χ3v) is 10.3. The molecule has 0 unspecified atom stereocenters. The largest absolute Gasteiger partial charge is 0.378 e. The Kier molecular flexibility index (Phi) is 7.70. The lowest BCUT2D eigenvalue weighted by Gasteiger charge is -2.28. The van der Waals surface area contributed by atoms with E-state index in [0.29, 0.717) is 36.4 Å². The molecule has 0 spiro atoms. The molecule has 3 aromatic carbocycles. The molecule has 0 saturated carbocycles. The van der Waals surface area contributed by atoms with Crippen molar-refractivity contribution in [1.29, 1.82) is 0 Å². The number of hydrogen-bond acceptors (Lipinski definition) is 6. The Morgan fingerprint density at radius 3 is 2.35 bits per heavy atom. The average Bonchev–Trinajstić information content (AvgIpc) is 3.57. The molecule has 7 rings (SSSR count). The second-order valence-electron chi connectivity index (χ2n) is 11.7. The van der Waals surface area contributed by atoms with Gasteiger partial charge in [0.05, 0.1) is 30.3 Å². The highest BCUT2D eigenvalue weighted by atomic mass is 32.2. The Morgan fingerprint density at radius 2 is 1.63 bits per heavy atom. The van der Waals surface area contributed by atoms with E-state index in [4.69, 9.17) is 14.8 Å². The van der Waals surface area contributed by atoms with Gasteiger partial charge in [0.2, 0.25) is 0 Å². The molecule has 0 N–H and O–H groups in total. The molecule has 6 aromatic rings. The minimum absolute atomic E-state index is 0.182. The molecule has 4 heterocycles. The molecular formula is C36H34FN5O3S. The van der Waals surface area contributed by atoms with Crippen molar-refractivity contribution in [3.05, 3.63) is 120 Å². The van der Waals surface area contributed by atoms with Crippen LogP contribution >= 0.6 is 0 Å². The Labute approximate surface area is 267 Å². The van der Waals surface area contributed by atoms with E-state index in [1.165, 1.54) is 16.1 Å². The molecule has 0 atom stereocenters. The van der Waals surface area contributed by atoms with Gasteiger partial charge in [-0.15, -0.1) is 0 Å². The van der Waals surface area contributed by atoms with Crippen molar-refractivity contribution in [3.8, 4) is 22.3 Å². The number of nitrogens with zero attached hydrogens (tertiary/aromatic N) is 5. The number of halogens is 1. The second-order valence-corrected chi connectivity index (χ2v) is 13.5. The van der Waals surface area contributed by atoms with E-state index < -0.39 is 10.0 Å². The van der Waals surface area contributed by atoms with Gasteiger partial charge in [0, 0.05) is 58.9 Å². The summed E-state index contributed by atoms with van der Waals surface area (Å²) in [4.78, 5) is 7.24. The first-order chi connectivity index (χ1) is 22.2. The van der Waals surface area contributed by atoms with Gasteiger partial charge in [-0.25, -0.2) is 21.8 Å². The first kappa shape index (κ1) is 29.9. The van der Waals surface area contributed by atoms with Crippen molar-refractivity contribution >= 4 is 26.7 Å². The van der Waals surface area contributed by atoms with E-state index >= 15 is 0 Å². The van der Waals surface area contributed by atoms with E-state index in [2.05, 4.69) is 29.2 Å². The van der Waals surface area contributed by atoms with Crippen LogP contribution in [0.3, 0.4) is 0 Å². The van der Waals surface area contributed by atoms with Crippen LogP contribution in [0.25, 0.3) is 33.3 Å². The third-order valence-electron chi connectivity index (χ3n) is 8.64. The van der Waals surface area contributed by atoms with Gasteiger partial charge in [-0.2, -0.15) is 5.10 Å². The van der Waals surface area contributed by atoms with Crippen molar-refractivity contribution in [3.63, 3.8) is 0 Å². The number of fused-ring (bicyclic) bond motifs is 1. The van der Waals surface area contributed by atoms with E-state index in [9.17, 15) is 12.8 Å². The first-order valence-corrected chi connectivity index (χ1v) is 16.7. The van der Waals surface area contributed by atoms with Crippen molar-refractivity contribution in [2.75, 3.05) is 31.2 Å². The summed E-state index contributed by atoms with van der Waals surface area (Å²) in [5, 5.41) is 5.49. The molecule has 1 aliphatic heterocycles. The monoisotopic (exact) mass is 635 g/mol. The molecule has 1 aliphatic rings. The van der Waals surface area contributed by atoms with Crippen LogP contribution in [-0.2, 0) is 21.3 Å². The highest BCUT2D eigenvalue weighted by molar-refractivity contribution is 7.90. The summed E-state index contributed by atoms with van der Waals surface area (Å²) in [5.74, 6) is -0.305. The molecule has 46 heavy (non-hydrogen) atoms. The molecule has 0 amide bonds. The van der Waals surface area contributed by atoms with Gasteiger partial charge in [-0.3, -0.25) is 4.68 Å². The molecular weight excluding hydrogens is 601 g/mol. The molecule has 234 valence electrons. The summed E-state index contributed by atoms with van der Waals surface area (Å²) in [6, 6.07) is 23.6. The average molecular weight is 636 g/mol. The number of ether oxygens (including phenoxy) is 1. The fraction of sp³-hybridized carbons (Fsp3) is 0.222. The SMILES string of the molecule is Cc1ccc(S(=O)(=O)n2cc(-c3c(C)nn(Cc4cccc(F)c4)c3C)c3cc(-c4ccc(N5CCOCC5)cc4)cnc32)cc1. The Morgan fingerprint density at radius 1 is 0.891 bits per heavy atom. The number of aromatic nitrogens is 4. The molecule has 10 heteroatoms. The normalized spacial score (nSPS) is 13.9. The number of aryl methyl sites for hydroxylation is 2. The lowest BCUT2D eigenvalue weighted by Crippen LogP contribution is -2.36. The summed E-state index contributed by atoms with van der Waals surface area (Å²) >= 11 is 0. The Hall–Kier alpha value is -4.80. The number of hydrogen-bond donors (Lipinski definition) is 0. The van der Waals surface area contributed by atoms with Crippen LogP contribution in [0.2, 0.25) is 0 Å². The number of morpholine rings is 1. The van der Waals surface area contributed by atoms with E-state index in [-0.39, 0.29) is 10.7 Å². The van der Waals surface area contributed by atoms with Gasteiger partial charge in [0.15, 0.2) is 5.65 Å². The van der Waals surface area contributed by atoms with Gasteiger partial charge >= 0.3 is 0 Å². The van der Waals surface area contributed by atoms with Crippen LogP contribution < -0.4 is 4.90 Å². The topological polar surface area (TPSA) is 82.2 Å². The van der Waals surface area contributed by atoms with Crippen LogP contribution in [0, 0.1) is 26.6 Å². The summed E-state index contributed by atoms with van der Waals surface area (Å²) in [6.45, 7) is 9.29. The molecule has 1 saturated heterocycles. The van der Waals surface area contributed by atoms with Gasteiger partial charge in [0.1, 0.15) is 5.82 Å². The third kappa shape index (κ3) is 5.48. The zero-order chi connectivity index (χ0) is 32.0. The Balaban J connectivity index is 1.36. The molecule has 0 bridgehead atoms. The molecule has 1 fully saturated rings. The summed E-state index contributed by atoms with van der Waals surface area (Å²) < 4.78 is 50.7.